The van der Waals surface area contributed by atoms with Crippen LogP contribution in [-0.2, 0) is 20.8 Å². The molecule has 2 aliphatic rings. The van der Waals surface area contributed by atoms with E-state index in [4.69, 9.17) is 4.74 Å². The number of carbonyl (C=O) groups excluding carboxylic acids is 2. The molecule has 172 valence electrons. The first-order chi connectivity index (χ1) is 16.4. The van der Waals surface area contributed by atoms with Crippen molar-refractivity contribution in [3.8, 4) is 16.9 Å². The van der Waals surface area contributed by atoms with Gasteiger partial charge in [-0.2, -0.15) is 0 Å². The van der Waals surface area contributed by atoms with E-state index in [2.05, 4.69) is 5.32 Å². The highest BCUT2D eigenvalue weighted by atomic mass is 16.5. The van der Waals surface area contributed by atoms with Gasteiger partial charge in [-0.1, -0.05) is 61.5 Å². The molecule has 34 heavy (non-hydrogen) atoms. The van der Waals surface area contributed by atoms with Crippen LogP contribution in [-0.4, -0.2) is 23.0 Å². The Labute approximate surface area is 197 Å². The number of anilines is 1. The normalized spacial score (nSPS) is 23.3. The van der Waals surface area contributed by atoms with E-state index in [0.717, 1.165) is 34.4 Å². The Morgan fingerprint density at radius 3 is 2.44 bits per heavy atom. The number of rotatable bonds is 5. The third-order valence-corrected chi connectivity index (χ3v) is 7.04. The molecule has 6 nitrogen and oxygen atoms in total. The molecule has 0 aromatic heterocycles. The first kappa shape index (κ1) is 21.9. The molecule has 4 atom stereocenters. The molecule has 0 spiro atoms. The summed E-state index contributed by atoms with van der Waals surface area (Å²) in [5, 5.41) is 12.6. The zero-order chi connectivity index (χ0) is 23.8. The van der Waals surface area contributed by atoms with Gasteiger partial charge in [-0.3, -0.25) is 14.4 Å². The molecule has 6 heteroatoms. The van der Waals surface area contributed by atoms with E-state index in [0.29, 0.717) is 12.2 Å². The lowest BCUT2D eigenvalue weighted by atomic mass is 9.55. The molecule has 1 saturated carbocycles. The van der Waals surface area contributed by atoms with E-state index in [-0.39, 0.29) is 11.8 Å². The highest BCUT2D eigenvalue weighted by Gasteiger charge is 2.56. The predicted molar refractivity (Wildman–Crippen MR) is 127 cm³/mol. The molecule has 0 bridgehead atoms. The molecule has 1 fully saturated rings. The van der Waals surface area contributed by atoms with Gasteiger partial charge >= 0.3 is 11.9 Å². The minimum absolute atomic E-state index is 0.00887. The lowest BCUT2D eigenvalue weighted by Crippen LogP contribution is -2.52. The van der Waals surface area contributed by atoms with Crippen LogP contribution in [0.3, 0.4) is 0 Å². The molecule has 3 aromatic rings. The second-order valence-electron chi connectivity index (χ2n) is 9.05. The van der Waals surface area contributed by atoms with Gasteiger partial charge in [0.2, 0.25) is 5.91 Å². The number of carboxylic acid groups (broad SMARTS) is 1. The Morgan fingerprint density at radius 1 is 0.912 bits per heavy atom. The summed E-state index contributed by atoms with van der Waals surface area (Å²) >= 11 is 0. The Bertz CT molecular complexity index is 1270. The summed E-state index contributed by atoms with van der Waals surface area (Å²) in [5.41, 5.74) is 4.51. The van der Waals surface area contributed by atoms with Gasteiger partial charge in [-0.25, -0.2) is 0 Å². The molecular formula is C28H25NO5. The largest absolute Gasteiger partial charge is 0.481 e. The van der Waals surface area contributed by atoms with Crippen LogP contribution in [0.15, 0.2) is 72.8 Å². The van der Waals surface area contributed by atoms with Gasteiger partial charge in [0.05, 0.1) is 11.8 Å². The van der Waals surface area contributed by atoms with Crippen molar-refractivity contribution in [3.63, 3.8) is 0 Å². The molecular weight excluding hydrogens is 430 g/mol. The molecule has 1 amide bonds. The highest BCUT2D eigenvalue weighted by Crippen LogP contribution is 2.52. The van der Waals surface area contributed by atoms with Crippen molar-refractivity contribution < 1.29 is 24.2 Å². The lowest BCUT2D eigenvalue weighted by molar-refractivity contribution is -0.162. The van der Waals surface area contributed by atoms with E-state index < -0.39 is 29.7 Å². The number of esters is 1. The minimum atomic E-state index is -0.896. The minimum Gasteiger partial charge on any atom is -0.481 e. The summed E-state index contributed by atoms with van der Waals surface area (Å²) in [6.45, 7) is 1.79. The van der Waals surface area contributed by atoms with Crippen molar-refractivity contribution in [2.45, 2.75) is 25.7 Å². The van der Waals surface area contributed by atoms with Gasteiger partial charge in [0.25, 0.3) is 0 Å². The molecule has 0 radical (unpaired) electrons. The number of carboxylic acids is 1. The van der Waals surface area contributed by atoms with Crippen molar-refractivity contribution >= 4 is 23.5 Å². The number of ether oxygens (including phenoxy) is 1. The van der Waals surface area contributed by atoms with Crippen LogP contribution in [0.2, 0.25) is 0 Å². The second-order valence-corrected chi connectivity index (χ2v) is 9.05. The van der Waals surface area contributed by atoms with Crippen molar-refractivity contribution in [1.29, 1.82) is 0 Å². The second kappa shape index (κ2) is 8.78. The maximum absolute atomic E-state index is 13.2. The summed E-state index contributed by atoms with van der Waals surface area (Å²) in [6.07, 6.45) is 1.21. The maximum Gasteiger partial charge on any atom is 0.315 e. The van der Waals surface area contributed by atoms with E-state index in [9.17, 15) is 19.5 Å². The van der Waals surface area contributed by atoms with Gasteiger partial charge < -0.3 is 15.2 Å². The van der Waals surface area contributed by atoms with E-state index in [1.54, 1.807) is 19.1 Å². The van der Waals surface area contributed by atoms with Crippen molar-refractivity contribution in [1.82, 2.24) is 0 Å². The maximum atomic E-state index is 13.2. The Hall–Kier alpha value is -3.93. The summed E-state index contributed by atoms with van der Waals surface area (Å²) in [5.74, 6) is -2.82. The summed E-state index contributed by atoms with van der Waals surface area (Å²) in [7, 11) is 0. The third kappa shape index (κ3) is 3.96. The van der Waals surface area contributed by atoms with Gasteiger partial charge in [0, 0.05) is 18.0 Å². The molecule has 0 saturated heterocycles. The predicted octanol–water partition coefficient (Wildman–Crippen LogP) is 4.89. The number of aryl methyl sites for hydroxylation is 1. The molecule has 1 aliphatic heterocycles. The fourth-order valence-electron chi connectivity index (χ4n) is 5.26. The monoisotopic (exact) mass is 455 g/mol. The third-order valence-electron chi connectivity index (χ3n) is 7.04. The summed E-state index contributed by atoms with van der Waals surface area (Å²) in [4.78, 5) is 36.8. The smallest absolute Gasteiger partial charge is 0.315 e. The topological polar surface area (TPSA) is 92.7 Å². The Kier molecular flexibility index (Phi) is 5.65. The fourth-order valence-corrected chi connectivity index (χ4v) is 5.26. The number of aliphatic carboxylic acids is 1. The first-order valence-electron chi connectivity index (χ1n) is 11.4. The average Bonchev–Trinajstić information content (AvgIpc) is 2.82. The average molecular weight is 456 g/mol. The summed E-state index contributed by atoms with van der Waals surface area (Å²) < 4.78 is 5.76. The Morgan fingerprint density at radius 2 is 1.68 bits per heavy atom. The highest BCUT2D eigenvalue weighted by molar-refractivity contribution is 5.95. The number of amides is 1. The van der Waals surface area contributed by atoms with Gasteiger partial charge in [-0.15, -0.1) is 0 Å². The van der Waals surface area contributed by atoms with Crippen molar-refractivity contribution in [3.05, 3.63) is 83.9 Å². The van der Waals surface area contributed by atoms with Crippen LogP contribution >= 0.6 is 0 Å². The van der Waals surface area contributed by atoms with E-state index in [1.165, 1.54) is 0 Å². The molecule has 1 heterocycles. The van der Waals surface area contributed by atoms with Gasteiger partial charge in [0.1, 0.15) is 5.75 Å². The van der Waals surface area contributed by atoms with Gasteiger partial charge in [-0.05, 0) is 52.8 Å². The van der Waals surface area contributed by atoms with Crippen molar-refractivity contribution in [2.24, 2.45) is 17.8 Å². The molecule has 2 N–H and O–H groups in total. The van der Waals surface area contributed by atoms with E-state index in [1.807, 2.05) is 60.7 Å². The quantitative estimate of drug-likeness (QED) is 0.422. The number of carbonyl (C=O) groups is 3. The van der Waals surface area contributed by atoms with Crippen LogP contribution in [0.4, 0.5) is 5.69 Å². The number of hydrogen-bond acceptors (Lipinski definition) is 4. The van der Waals surface area contributed by atoms with Crippen LogP contribution in [0, 0.1) is 17.8 Å². The van der Waals surface area contributed by atoms with Crippen molar-refractivity contribution in [2.75, 3.05) is 5.32 Å². The molecule has 3 aromatic carbocycles. The zero-order valence-corrected chi connectivity index (χ0v) is 18.7. The first-order valence-corrected chi connectivity index (χ1v) is 11.4. The lowest BCUT2D eigenvalue weighted by Gasteiger charge is -2.47. The van der Waals surface area contributed by atoms with Crippen LogP contribution < -0.4 is 10.1 Å². The number of benzene rings is 3. The van der Waals surface area contributed by atoms with Crippen LogP contribution in [0.25, 0.3) is 11.1 Å². The summed E-state index contributed by atoms with van der Waals surface area (Å²) in [6, 6.07) is 22.5. The molecule has 5 rings (SSSR count). The number of fused-ring (bicyclic) bond motifs is 1. The molecule has 2 unspecified atom stereocenters. The Balaban J connectivity index is 1.37. The van der Waals surface area contributed by atoms with Gasteiger partial charge in [0.15, 0.2) is 0 Å². The van der Waals surface area contributed by atoms with Crippen LogP contribution in [0.5, 0.6) is 5.75 Å². The number of hydrogen-bond donors (Lipinski definition) is 2. The molecule has 1 aliphatic carbocycles. The standard InChI is InChI=1S/C28H25NO5/c1-16-24(27(31)32)26(18-6-3-2-4-7-18)25(16)28(33)34-21-9-5-8-19(14-21)20-11-10-17-12-13-23(30)29-22(17)15-20/h2-11,14-16,24-26H,12-13H2,1H3,(H,29,30)(H,31,32)/t16-,24?,25?,26-/m0/s1. The van der Waals surface area contributed by atoms with E-state index >= 15 is 0 Å². The fraction of sp³-hybridized carbons (Fsp3) is 0.250. The SMILES string of the molecule is C[C@H]1C(C(=O)O)[C@H](c2ccccc2)C1C(=O)Oc1cccc(-c2ccc3c(c2)NC(=O)CC3)c1. The zero-order valence-electron chi connectivity index (χ0n) is 18.7. The number of nitrogens with one attached hydrogen (secondary N) is 1. The van der Waals surface area contributed by atoms with Crippen LogP contribution in [0.1, 0.15) is 30.4 Å².